The number of aryl methyl sites for hydroxylation is 1. The second-order valence-corrected chi connectivity index (χ2v) is 4.70. The van der Waals surface area contributed by atoms with Gasteiger partial charge in [-0.25, -0.2) is 0 Å². The molecule has 0 radical (unpaired) electrons. The summed E-state index contributed by atoms with van der Waals surface area (Å²) in [6.07, 6.45) is 2.30. The van der Waals surface area contributed by atoms with Crippen LogP contribution in [0.5, 0.6) is 5.75 Å². The van der Waals surface area contributed by atoms with Crippen molar-refractivity contribution in [2.24, 2.45) is 0 Å². The first-order valence-electron chi connectivity index (χ1n) is 5.93. The van der Waals surface area contributed by atoms with Crippen LogP contribution in [0.1, 0.15) is 30.5 Å². The van der Waals surface area contributed by atoms with Gasteiger partial charge in [-0.3, -0.25) is 0 Å². The highest BCUT2D eigenvalue weighted by Gasteiger charge is 2.20. The monoisotopic (exact) mass is 251 g/mol. The number of fused-ring (bicyclic) bond motifs is 1. The first-order valence-corrected chi connectivity index (χ1v) is 6.37. The fraction of sp³-hybridized carbons (Fsp3) is 0.429. The van der Waals surface area contributed by atoms with Crippen LogP contribution in [-0.2, 0) is 6.42 Å². The minimum absolute atomic E-state index is 0.503. The van der Waals surface area contributed by atoms with Gasteiger partial charge < -0.3 is 10.1 Å². The van der Waals surface area contributed by atoms with E-state index in [1.165, 1.54) is 17.5 Å². The molecule has 0 spiro atoms. The number of hydrogen-bond donors (Lipinski definition) is 1. The Balaban J connectivity index is 2.08. The Kier molecular flexibility index (Phi) is 4.08. The third kappa shape index (κ3) is 2.82. The highest BCUT2D eigenvalue weighted by Crippen LogP contribution is 2.33. The van der Waals surface area contributed by atoms with Crippen LogP contribution in [0.4, 0.5) is 0 Å². The summed E-state index contributed by atoms with van der Waals surface area (Å²) in [5.74, 6) is 0.929. The van der Waals surface area contributed by atoms with Gasteiger partial charge >= 0.3 is 0 Å². The van der Waals surface area contributed by atoms with Gasteiger partial charge in [-0.05, 0) is 55.6 Å². The molecule has 92 valence electrons. The van der Waals surface area contributed by atoms with Crippen molar-refractivity contribution in [3.8, 4) is 5.75 Å². The van der Waals surface area contributed by atoms with Gasteiger partial charge in [0.05, 0.1) is 0 Å². The lowest BCUT2D eigenvalue weighted by Gasteiger charge is -2.11. The number of ether oxygens (including phenoxy) is 1. The summed E-state index contributed by atoms with van der Waals surface area (Å²) in [5.41, 5.74) is 5.39. The zero-order valence-electron chi connectivity index (χ0n) is 10.3. The van der Waals surface area contributed by atoms with E-state index in [0.717, 1.165) is 17.7 Å². The minimum atomic E-state index is 0.503. The van der Waals surface area contributed by atoms with E-state index in [0.29, 0.717) is 12.6 Å². The largest absolute Gasteiger partial charge is 0.489 e. The SMILES string of the molecule is CNC1CCc2cc(OC/C(C)=C/Cl)ccc21. The molecule has 0 amide bonds. The molecule has 1 N–H and O–H groups in total. The molecule has 2 nitrogen and oxygen atoms in total. The highest BCUT2D eigenvalue weighted by molar-refractivity contribution is 6.25. The average molecular weight is 252 g/mol. The van der Waals surface area contributed by atoms with E-state index in [1.807, 2.05) is 20.0 Å². The van der Waals surface area contributed by atoms with Gasteiger partial charge in [0, 0.05) is 11.6 Å². The molecule has 0 bridgehead atoms. The van der Waals surface area contributed by atoms with Crippen molar-refractivity contribution in [3.63, 3.8) is 0 Å². The predicted octanol–water partition coefficient (Wildman–Crippen LogP) is 3.41. The maximum absolute atomic E-state index is 5.68. The molecular formula is C14H18ClNO. The molecule has 1 aromatic carbocycles. The van der Waals surface area contributed by atoms with E-state index < -0.39 is 0 Å². The summed E-state index contributed by atoms with van der Waals surface area (Å²) in [7, 11) is 2.01. The zero-order chi connectivity index (χ0) is 12.3. The zero-order valence-corrected chi connectivity index (χ0v) is 11.1. The van der Waals surface area contributed by atoms with Crippen molar-refractivity contribution in [2.45, 2.75) is 25.8 Å². The van der Waals surface area contributed by atoms with Crippen molar-refractivity contribution in [2.75, 3.05) is 13.7 Å². The van der Waals surface area contributed by atoms with Gasteiger partial charge in [-0.2, -0.15) is 0 Å². The van der Waals surface area contributed by atoms with Crippen molar-refractivity contribution in [1.29, 1.82) is 0 Å². The molecule has 0 aromatic heterocycles. The quantitative estimate of drug-likeness (QED) is 0.886. The summed E-state index contributed by atoms with van der Waals surface area (Å²) >= 11 is 5.60. The van der Waals surface area contributed by atoms with Gasteiger partial charge in [0.25, 0.3) is 0 Å². The Morgan fingerprint density at radius 1 is 1.59 bits per heavy atom. The van der Waals surface area contributed by atoms with E-state index in [-0.39, 0.29) is 0 Å². The Morgan fingerprint density at radius 3 is 3.12 bits per heavy atom. The van der Waals surface area contributed by atoms with Crippen LogP contribution in [0.25, 0.3) is 0 Å². The predicted molar refractivity (Wildman–Crippen MR) is 71.7 cm³/mol. The molecule has 0 saturated heterocycles. The van der Waals surface area contributed by atoms with Gasteiger partial charge in [0.2, 0.25) is 0 Å². The van der Waals surface area contributed by atoms with Crippen LogP contribution in [0.2, 0.25) is 0 Å². The summed E-state index contributed by atoms with van der Waals surface area (Å²) in [6, 6.07) is 6.85. The van der Waals surface area contributed by atoms with Crippen LogP contribution in [0, 0.1) is 0 Å². The summed E-state index contributed by atoms with van der Waals surface area (Å²) in [4.78, 5) is 0. The first kappa shape index (κ1) is 12.5. The van der Waals surface area contributed by atoms with Gasteiger partial charge in [-0.1, -0.05) is 17.7 Å². The van der Waals surface area contributed by atoms with Crippen molar-refractivity contribution < 1.29 is 4.74 Å². The normalized spacial score (nSPS) is 19.2. The third-order valence-corrected chi connectivity index (χ3v) is 3.57. The molecule has 1 aliphatic rings. The van der Waals surface area contributed by atoms with Gasteiger partial charge in [0.1, 0.15) is 12.4 Å². The van der Waals surface area contributed by atoms with Crippen LogP contribution in [0.3, 0.4) is 0 Å². The van der Waals surface area contributed by atoms with Crippen LogP contribution in [0.15, 0.2) is 29.3 Å². The second-order valence-electron chi connectivity index (χ2n) is 4.48. The van der Waals surface area contributed by atoms with Crippen molar-refractivity contribution in [1.82, 2.24) is 5.32 Å². The van der Waals surface area contributed by atoms with Crippen LogP contribution < -0.4 is 10.1 Å². The number of nitrogens with one attached hydrogen (secondary N) is 1. The maximum Gasteiger partial charge on any atom is 0.120 e. The third-order valence-electron chi connectivity index (χ3n) is 3.19. The Bertz CT molecular complexity index is 428. The smallest absolute Gasteiger partial charge is 0.120 e. The molecule has 1 atom stereocenters. The highest BCUT2D eigenvalue weighted by atomic mass is 35.5. The second kappa shape index (κ2) is 5.56. The summed E-state index contributed by atoms with van der Waals surface area (Å²) < 4.78 is 5.68. The fourth-order valence-electron chi connectivity index (χ4n) is 2.21. The standard InChI is InChI=1S/C14H18ClNO/c1-10(8-15)9-17-12-4-5-13-11(7-12)3-6-14(13)16-2/h4-5,7-8,14,16H,3,6,9H2,1-2H3/b10-8+. The maximum atomic E-state index is 5.68. The Hall–Kier alpha value is -0.990. The molecule has 0 aliphatic heterocycles. The summed E-state index contributed by atoms with van der Waals surface area (Å²) in [5, 5.41) is 3.33. The molecule has 1 unspecified atom stereocenters. The molecule has 1 aromatic rings. The first-order chi connectivity index (χ1) is 8.24. The minimum Gasteiger partial charge on any atom is -0.489 e. The van der Waals surface area contributed by atoms with E-state index in [1.54, 1.807) is 5.54 Å². The Morgan fingerprint density at radius 2 is 2.41 bits per heavy atom. The van der Waals surface area contributed by atoms with Crippen molar-refractivity contribution >= 4 is 11.6 Å². The fourth-order valence-corrected chi connectivity index (χ4v) is 2.28. The molecule has 0 fully saturated rings. The van der Waals surface area contributed by atoms with E-state index in [4.69, 9.17) is 16.3 Å². The van der Waals surface area contributed by atoms with Crippen molar-refractivity contribution in [3.05, 3.63) is 40.4 Å². The average Bonchev–Trinajstić information content (AvgIpc) is 2.78. The molecule has 3 heteroatoms. The molecule has 17 heavy (non-hydrogen) atoms. The Labute approximate surface area is 108 Å². The summed E-state index contributed by atoms with van der Waals surface area (Å²) in [6.45, 7) is 2.51. The molecule has 2 rings (SSSR count). The molecular weight excluding hydrogens is 234 g/mol. The van der Waals surface area contributed by atoms with Gasteiger partial charge in [-0.15, -0.1) is 0 Å². The lowest BCUT2D eigenvalue weighted by Crippen LogP contribution is -2.12. The van der Waals surface area contributed by atoms with E-state index >= 15 is 0 Å². The number of rotatable bonds is 4. The van der Waals surface area contributed by atoms with E-state index in [9.17, 15) is 0 Å². The number of halogens is 1. The number of benzene rings is 1. The lowest BCUT2D eigenvalue weighted by molar-refractivity contribution is 0.352. The van der Waals surface area contributed by atoms with Crippen LogP contribution in [-0.4, -0.2) is 13.7 Å². The molecule has 0 saturated carbocycles. The lowest BCUT2D eigenvalue weighted by atomic mass is 10.1. The molecule has 0 heterocycles. The number of hydrogen-bond acceptors (Lipinski definition) is 2. The van der Waals surface area contributed by atoms with Gasteiger partial charge in [0.15, 0.2) is 0 Å². The topological polar surface area (TPSA) is 21.3 Å². The van der Waals surface area contributed by atoms with E-state index in [2.05, 4.69) is 17.4 Å². The van der Waals surface area contributed by atoms with Crippen LogP contribution >= 0.6 is 11.6 Å². The molecule has 1 aliphatic carbocycles.